The van der Waals surface area contributed by atoms with Crippen LogP contribution in [-0.2, 0) is 9.53 Å². The topological polar surface area (TPSA) is 29.5 Å². The average molecular weight is 283 g/mol. The van der Waals surface area contributed by atoms with Crippen LogP contribution in [0.3, 0.4) is 0 Å². The number of unbranched alkanes of at least 4 members (excludes halogenated alkanes) is 8. The number of nitrogens with zero attached hydrogens (tertiary/aromatic N) is 1. The van der Waals surface area contributed by atoms with Gasteiger partial charge in [-0.15, -0.1) is 0 Å². The van der Waals surface area contributed by atoms with Crippen molar-refractivity contribution < 1.29 is 9.53 Å². The van der Waals surface area contributed by atoms with Crippen LogP contribution in [0.4, 0.5) is 0 Å². The molecule has 0 aromatic carbocycles. The van der Waals surface area contributed by atoms with Crippen LogP contribution in [0.25, 0.3) is 0 Å². The van der Waals surface area contributed by atoms with Gasteiger partial charge in [0.15, 0.2) is 0 Å². The Bertz CT molecular complexity index is 255. The third-order valence-electron chi connectivity index (χ3n) is 4.13. The summed E-state index contributed by atoms with van der Waals surface area (Å²) in [6, 6.07) is 0. The quantitative estimate of drug-likeness (QED) is 0.421. The van der Waals surface area contributed by atoms with E-state index in [4.69, 9.17) is 4.74 Å². The summed E-state index contributed by atoms with van der Waals surface area (Å²) in [5.41, 5.74) is 0. The van der Waals surface area contributed by atoms with E-state index in [-0.39, 0.29) is 12.1 Å². The zero-order valence-electron chi connectivity index (χ0n) is 13.5. The molecule has 0 bridgehead atoms. The van der Waals surface area contributed by atoms with E-state index in [2.05, 4.69) is 18.9 Å². The highest BCUT2D eigenvalue weighted by Crippen LogP contribution is 2.13. The molecule has 3 nitrogen and oxygen atoms in total. The van der Waals surface area contributed by atoms with Crippen molar-refractivity contribution in [2.45, 2.75) is 83.7 Å². The number of likely N-dealkylation sites (tertiary alicyclic amines) is 1. The summed E-state index contributed by atoms with van der Waals surface area (Å²) in [6.07, 6.45) is 13.3. The van der Waals surface area contributed by atoms with E-state index in [0.29, 0.717) is 6.42 Å². The Hall–Kier alpha value is -0.570. The number of carbonyl (C=O) groups excluding carboxylic acids is 1. The summed E-state index contributed by atoms with van der Waals surface area (Å²) in [5, 5.41) is 0. The molecule has 1 saturated heterocycles. The van der Waals surface area contributed by atoms with E-state index in [0.717, 1.165) is 25.9 Å². The molecule has 0 aromatic heterocycles. The maximum Gasteiger partial charge on any atom is 0.306 e. The van der Waals surface area contributed by atoms with Crippen molar-refractivity contribution in [1.82, 2.24) is 4.90 Å². The fourth-order valence-corrected chi connectivity index (χ4v) is 2.82. The van der Waals surface area contributed by atoms with Crippen molar-refractivity contribution in [2.75, 3.05) is 20.1 Å². The van der Waals surface area contributed by atoms with Crippen molar-refractivity contribution in [3.05, 3.63) is 0 Å². The van der Waals surface area contributed by atoms with Crippen molar-refractivity contribution in [3.63, 3.8) is 0 Å². The molecule has 1 unspecified atom stereocenters. The van der Waals surface area contributed by atoms with Gasteiger partial charge < -0.3 is 9.64 Å². The molecule has 0 radical (unpaired) electrons. The van der Waals surface area contributed by atoms with Gasteiger partial charge >= 0.3 is 5.97 Å². The number of hydrogen-bond acceptors (Lipinski definition) is 3. The average Bonchev–Trinajstić information content (AvgIpc) is 2.82. The summed E-state index contributed by atoms with van der Waals surface area (Å²) in [5.74, 6) is 0.00763. The van der Waals surface area contributed by atoms with E-state index >= 15 is 0 Å². The highest BCUT2D eigenvalue weighted by Gasteiger charge is 2.22. The van der Waals surface area contributed by atoms with Gasteiger partial charge in [0.2, 0.25) is 0 Å². The molecular formula is C17H33NO2. The van der Waals surface area contributed by atoms with Crippen LogP contribution in [-0.4, -0.2) is 37.1 Å². The van der Waals surface area contributed by atoms with Gasteiger partial charge in [-0.1, -0.05) is 58.3 Å². The zero-order chi connectivity index (χ0) is 14.6. The molecule has 0 N–H and O–H groups in total. The second-order valence-corrected chi connectivity index (χ2v) is 6.24. The third kappa shape index (κ3) is 8.57. The standard InChI is InChI=1S/C17H33NO2/c1-3-4-5-6-7-8-9-10-11-12-17(19)20-16-13-14-18(2)15-16/h16H,3-15H2,1-2H3. The Morgan fingerprint density at radius 1 is 1.05 bits per heavy atom. The van der Waals surface area contributed by atoms with Crippen LogP contribution in [0.1, 0.15) is 77.6 Å². The summed E-state index contributed by atoms with van der Waals surface area (Å²) in [6.45, 7) is 4.21. The predicted octanol–water partition coefficient (Wildman–Crippen LogP) is 4.15. The molecule has 118 valence electrons. The molecular weight excluding hydrogens is 250 g/mol. The second kappa shape index (κ2) is 11.1. The number of likely N-dealkylation sites (N-methyl/N-ethyl adjacent to an activating group) is 1. The zero-order valence-corrected chi connectivity index (χ0v) is 13.5. The van der Waals surface area contributed by atoms with Crippen molar-refractivity contribution in [3.8, 4) is 0 Å². The highest BCUT2D eigenvalue weighted by molar-refractivity contribution is 5.69. The predicted molar refractivity (Wildman–Crippen MR) is 83.8 cm³/mol. The van der Waals surface area contributed by atoms with Crippen LogP contribution in [0, 0.1) is 0 Å². The minimum absolute atomic E-state index is 0.00763. The van der Waals surface area contributed by atoms with Gasteiger partial charge in [0, 0.05) is 19.5 Å². The lowest BCUT2D eigenvalue weighted by Gasteiger charge is -2.12. The van der Waals surface area contributed by atoms with Crippen molar-refractivity contribution >= 4 is 5.97 Å². The van der Waals surface area contributed by atoms with Crippen molar-refractivity contribution in [1.29, 1.82) is 0 Å². The molecule has 0 aliphatic carbocycles. The van der Waals surface area contributed by atoms with E-state index in [9.17, 15) is 4.79 Å². The Labute approximate surface area is 125 Å². The minimum atomic E-state index is 0.00763. The van der Waals surface area contributed by atoms with Gasteiger partial charge in [0.05, 0.1) is 0 Å². The molecule has 1 atom stereocenters. The molecule has 1 fully saturated rings. The number of esters is 1. The molecule has 3 heteroatoms. The van der Waals surface area contributed by atoms with Crippen LogP contribution < -0.4 is 0 Å². The largest absolute Gasteiger partial charge is 0.461 e. The maximum absolute atomic E-state index is 11.7. The summed E-state index contributed by atoms with van der Waals surface area (Å²) in [7, 11) is 2.08. The second-order valence-electron chi connectivity index (χ2n) is 6.24. The van der Waals surface area contributed by atoms with E-state index in [1.165, 1.54) is 51.4 Å². The number of ether oxygens (including phenoxy) is 1. The van der Waals surface area contributed by atoms with Gasteiger partial charge in [-0.2, -0.15) is 0 Å². The molecule has 1 aliphatic rings. The van der Waals surface area contributed by atoms with Gasteiger partial charge in [-0.3, -0.25) is 4.79 Å². The van der Waals surface area contributed by atoms with E-state index < -0.39 is 0 Å². The monoisotopic (exact) mass is 283 g/mol. The van der Waals surface area contributed by atoms with Gasteiger partial charge in [-0.25, -0.2) is 0 Å². The SMILES string of the molecule is CCCCCCCCCCCC(=O)OC1CCN(C)C1. The van der Waals surface area contributed by atoms with Crippen molar-refractivity contribution in [2.24, 2.45) is 0 Å². The molecule has 1 rings (SSSR count). The first-order valence-electron chi connectivity index (χ1n) is 8.60. The van der Waals surface area contributed by atoms with Gasteiger partial charge in [0.1, 0.15) is 6.10 Å². The first-order chi connectivity index (χ1) is 9.72. The van der Waals surface area contributed by atoms with Crippen LogP contribution in [0.2, 0.25) is 0 Å². The first kappa shape index (κ1) is 17.5. The lowest BCUT2D eigenvalue weighted by molar-refractivity contribution is -0.148. The smallest absolute Gasteiger partial charge is 0.306 e. The third-order valence-corrected chi connectivity index (χ3v) is 4.13. The lowest BCUT2D eigenvalue weighted by Crippen LogP contribution is -2.22. The Morgan fingerprint density at radius 2 is 1.65 bits per heavy atom. The van der Waals surface area contributed by atoms with Crippen LogP contribution in [0.5, 0.6) is 0 Å². The summed E-state index contributed by atoms with van der Waals surface area (Å²) >= 11 is 0. The molecule has 0 amide bonds. The minimum Gasteiger partial charge on any atom is -0.461 e. The molecule has 1 aliphatic heterocycles. The molecule has 20 heavy (non-hydrogen) atoms. The Kier molecular flexibility index (Phi) is 9.73. The molecule has 0 saturated carbocycles. The first-order valence-corrected chi connectivity index (χ1v) is 8.60. The maximum atomic E-state index is 11.7. The van der Waals surface area contributed by atoms with E-state index in [1.807, 2.05) is 0 Å². The molecule has 1 heterocycles. The Balaban J connectivity index is 1.84. The van der Waals surface area contributed by atoms with E-state index in [1.54, 1.807) is 0 Å². The Morgan fingerprint density at radius 3 is 2.20 bits per heavy atom. The fourth-order valence-electron chi connectivity index (χ4n) is 2.82. The van der Waals surface area contributed by atoms with Crippen LogP contribution in [0.15, 0.2) is 0 Å². The summed E-state index contributed by atoms with van der Waals surface area (Å²) in [4.78, 5) is 13.9. The van der Waals surface area contributed by atoms with Gasteiger partial charge in [0.25, 0.3) is 0 Å². The lowest BCUT2D eigenvalue weighted by atomic mass is 10.1. The highest BCUT2D eigenvalue weighted by atomic mass is 16.5. The summed E-state index contributed by atoms with van der Waals surface area (Å²) < 4.78 is 5.47. The number of hydrogen-bond donors (Lipinski definition) is 0. The number of rotatable bonds is 11. The van der Waals surface area contributed by atoms with Crippen LogP contribution >= 0.6 is 0 Å². The molecule has 0 spiro atoms. The fraction of sp³-hybridized carbons (Fsp3) is 0.941. The number of carbonyl (C=O) groups is 1. The van der Waals surface area contributed by atoms with Gasteiger partial charge in [-0.05, 0) is 19.9 Å². The molecule has 0 aromatic rings. The normalized spacial score (nSPS) is 19.4.